The number of aliphatic hydroxyl groups is 1. The maximum atomic E-state index is 14.1. The molecule has 1 aliphatic heterocycles. The summed E-state index contributed by atoms with van der Waals surface area (Å²) in [5.41, 5.74) is -4.39. The van der Waals surface area contributed by atoms with E-state index >= 15 is 0 Å². The Labute approximate surface area is 235 Å². The van der Waals surface area contributed by atoms with Crippen molar-refractivity contribution in [2.45, 2.75) is 55.7 Å². The fraction of sp³-hybridized carbons (Fsp3) is 0.462. The molecule has 0 radical (unpaired) electrons. The summed E-state index contributed by atoms with van der Waals surface area (Å²) >= 11 is 6.70. The van der Waals surface area contributed by atoms with Gasteiger partial charge in [0.2, 0.25) is 5.91 Å². The van der Waals surface area contributed by atoms with E-state index in [-0.39, 0.29) is 53.8 Å². The highest BCUT2D eigenvalue weighted by molar-refractivity contribution is 7.92. The monoisotopic (exact) mass is 605 g/mol. The molecule has 1 fully saturated rings. The number of hydrogen-bond acceptors (Lipinski definition) is 7. The number of anilines is 1. The number of benzene rings is 2. The molecule has 3 rings (SSSR count). The van der Waals surface area contributed by atoms with E-state index in [2.05, 4.69) is 5.32 Å². The summed E-state index contributed by atoms with van der Waals surface area (Å²) in [6.07, 6.45) is -5.26. The Morgan fingerprint density at radius 3 is 2.12 bits per heavy atom. The van der Waals surface area contributed by atoms with Crippen molar-refractivity contribution in [1.29, 1.82) is 0 Å². The van der Waals surface area contributed by atoms with Crippen molar-refractivity contribution in [3.8, 4) is 5.75 Å². The van der Waals surface area contributed by atoms with Crippen LogP contribution in [-0.2, 0) is 14.6 Å². The molecule has 2 aromatic carbocycles. The number of piperazine rings is 1. The Morgan fingerprint density at radius 1 is 1.05 bits per heavy atom. The number of phenols is 1. The van der Waals surface area contributed by atoms with Crippen LogP contribution in [0, 0.1) is 0 Å². The molecule has 0 saturated carbocycles. The van der Waals surface area contributed by atoms with Crippen LogP contribution in [0.2, 0.25) is 5.02 Å². The van der Waals surface area contributed by atoms with E-state index in [1.54, 1.807) is 4.90 Å². The number of phenolic OH excluding ortho intramolecular Hbond substituents is 1. The molecule has 3 N–H and O–H groups in total. The highest BCUT2D eigenvalue weighted by atomic mass is 35.5. The summed E-state index contributed by atoms with van der Waals surface area (Å²) < 4.78 is 69.0. The van der Waals surface area contributed by atoms with E-state index < -0.39 is 49.6 Å². The van der Waals surface area contributed by atoms with Gasteiger partial charge in [-0.25, -0.2) is 8.42 Å². The van der Waals surface area contributed by atoms with Crippen LogP contribution >= 0.6 is 11.6 Å². The van der Waals surface area contributed by atoms with Gasteiger partial charge in [-0.1, -0.05) is 29.8 Å². The molecule has 0 spiro atoms. The first-order valence-electron chi connectivity index (χ1n) is 12.4. The van der Waals surface area contributed by atoms with E-state index in [9.17, 15) is 41.4 Å². The number of alkyl halides is 3. The lowest BCUT2D eigenvalue weighted by Gasteiger charge is -2.39. The van der Waals surface area contributed by atoms with E-state index in [4.69, 9.17) is 11.6 Å². The van der Waals surface area contributed by atoms with Crippen LogP contribution in [0.3, 0.4) is 0 Å². The summed E-state index contributed by atoms with van der Waals surface area (Å²) in [7, 11) is -4.00. The summed E-state index contributed by atoms with van der Waals surface area (Å²) in [6.45, 7) is 5.42. The van der Waals surface area contributed by atoms with Crippen LogP contribution < -0.4 is 10.2 Å². The van der Waals surface area contributed by atoms with Crippen molar-refractivity contribution >= 4 is 38.9 Å². The van der Waals surface area contributed by atoms with Crippen LogP contribution in [0.4, 0.5) is 18.9 Å². The number of halogens is 4. The number of nitrogens with one attached hydrogen (secondary N) is 1. The molecule has 220 valence electrons. The minimum Gasteiger partial charge on any atom is -0.507 e. The zero-order valence-corrected chi connectivity index (χ0v) is 23.9. The van der Waals surface area contributed by atoms with Gasteiger partial charge in [0.05, 0.1) is 32.5 Å². The largest absolute Gasteiger partial charge is 0.507 e. The Bertz CT molecular complexity index is 1390. The Morgan fingerprint density at radius 2 is 1.62 bits per heavy atom. The first-order valence-corrected chi connectivity index (χ1v) is 14.3. The zero-order chi connectivity index (χ0) is 30.2. The first kappa shape index (κ1) is 31.5. The molecule has 1 heterocycles. The van der Waals surface area contributed by atoms with Gasteiger partial charge < -0.3 is 25.3 Å². The highest BCUT2D eigenvalue weighted by Gasteiger charge is 2.57. The molecule has 2 amide bonds. The topological polar surface area (TPSA) is 127 Å². The van der Waals surface area contributed by atoms with Gasteiger partial charge in [0.1, 0.15) is 5.75 Å². The lowest BCUT2D eigenvalue weighted by atomic mass is 9.88. The lowest BCUT2D eigenvalue weighted by molar-refractivity contribution is -0.263. The van der Waals surface area contributed by atoms with Crippen molar-refractivity contribution in [2.75, 3.05) is 31.1 Å². The molecule has 40 heavy (non-hydrogen) atoms. The zero-order valence-electron chi connectivity index (χ0n) is 22.3. The smallest absolute Gasteiger partial charge is 0.419 e. The molecular weight excluding hydrogens is 575 g/mol. The summed E-state index contributed by atoms with van der Waals surface area (Å²) in [6, 6.07) is 5.09. The number of hydrogen-bond donors (Lipinski definition) is 3. The van der Waals surface area contributed by atoms with Crippen LogP contribution in [0.25, 0.3) is 0 Å². The minimum atomic E-state index is -5.26. The van der Waals surface area contributed by atoms with Crippen LogP contribution in [0.15, 0.2) is 41.3 Å². The molecule has 0 aromatic heterocycles. The summed E-state index contributed by atoms with van der Waals surface area (Å²) in [5, 5.41) is 21.6. The molecular formula is C26H31ClF3N3O6S. The molecule has 0 aliphatic carbocycles. The van der Waals surface area contributed by atoms with Crippen LogP contribution in [0.5, 0.6) is 5.75 Å². The Kier molecular flexibility index (Phi) is 9.02. The number of rotatable bonds is 7. The molecule has 2 atom stereocenters. The number of nitrogens with zero attached hydrogens (tertiary/aromatic N) is 2. The third kappa shape index (κ3) is 6.01. The van der Waals surface area contributed by atoms with Gasteiger partial charge in [-0.05, 0) is 44.5 Å². The number of para-hydroxylation sites is 1. The van der Waals surface area contributed by atoms with Gasteiger partial charge in [0.15, 0.2) is 15.4 Å². The second kappa shape index (κ2) is 11.5. The van der Waals surface area contributed by atoms with E-state index in [0.717, 1.165) is 12.1 Å². The SMILES string of the molecule is CC(=O)N1CCN(c2c(S(=O)(=O)C(C)C)ccc(C(NC(=O)c3ccccc3O)C(C)(O)C(F)(F)F)c2Cl)CC1. The summed E-state index contributed by atoms with van der Waals surface area (Å²) in [5.74, 6) is -1.82. The van der Waals surface area contributed by atoms with Crippen molar-refractivity contribution in [1.82, 2.24) is 10.2 Å². The predicted octanol–water partition coefficient (Wildman–Crippen LogP) is 3.68. The van der Waals surface area contributed by atoms with E-state index in [1.807, 2.05) is 0 Å². The van der Waals surface area contributed by atoms with E-state index in [0.29, 0.717) is 6.92 Å². The highest BCUT2D eigenvalue weighted by Crippen LogP contribution is 2.46. The van der Waals surface area contributed by atoms with Crippen LogP contribution in [-0.4, -0.2) is 78.6 Å². The predicted molar refractivity (Wildman–Crippen MR) is 143 cm³/mol. The molecule has 0 bridgehead atoms. The molecule has 9 nitrogen and oxygen atoms in total. The van der Waals surface area contributed by atoms with Gasteiger partial charge in [-0.15, -0.1) is 0 Å². The average molecular weight is 606 g/mol. The molecule has 2 unspecified atom stereocenters. The molecule has 1 saturated heterocycles. The standard InChI is InChI=1S/C26H31ClF3N3O6S/c1-15(2)40(38,39)20-10-9-18(21(27)22(20)33-13-11-32(12-14-33)16(3)34)23(25(4,37)26(28,29)30)31-24(36)17-7-5-6-8-19(17)35/h5-10,15,23,35,37H,11-14H2,1-4H3,(H,31,36). The number of carbonyl (C=O) groups is 2. The number of carbonyl (C=O) groups excluding carboxylic acids is 2. The van der Waals surface area contributed by atoms with Gasteiger partial charge in [-0.2, -0.15) is 13.2 Å². The normalized spacial score (nSPS) is 16.9. The third-order valence-electron chi connectivity index (χ3n) is 6.95. The van der Waals surface area contributed by atoms with Crippen molar-refractivity contribution in [2.24, 2.45) is 0 Å². The Balaban J connectivity index is 2.23. The fourth-order valence-electron chi connectivity index (χ4n) is 4.37. The number of amides is 2. The lowest BCUT2D eigenvalue weighted by Crippen LogP contribution is -2.53. The van der Waals surface area contributed by atoms with E-state index in [1.165, 1.54) is 49.9 Å². The summed E-state index contributed by atoms with van der Waals surface area (Å²) in [4.78, 5) is 27.7. The molecule has 14 heteroatoms. The average Bonchev–Trinajstić information content (AvgIpc) is 2.86. The van der Waals surface area contributed by atoms with Gasteiger partial charge >= 0.3 is 6.18 Å². The third-order valence-corrected chi connectivity index (χ3v) is 9.53. The van der Waals surface area contributed by atoms with Gasteiger partial charge in [0, 0.05) is 33.1 Å². The quantitative estimate of drug-likeness (QED) is 0.439. The van der Waals surface area contributed by atoms with Gasteiger partial charge in [-0.3, -0.25) is 9.59 Å². The maximum absolute atomic E-state index is 14.1. The second-order valence-corrected chi connectivity index (χ2v) is 12.8. The van der Waals surface area contributed by atoms with Crippen LogP contribution in [0.1, 0.15) is 49.7 Å². The molecule has 2 aromatic rings. The minimum absolute atomic E-state index is 0.0872. The number of sulfone groups is 1. The fourth-order valence-corrected chi connectivity index (χ4v) is 6.08. The maximum Gasteiger partial charge on any atom is 0.419 e. The van der Waals surface area contributed by atoms with Crippen molar-refractivity contribution in [3.63, 3.8) is 0 Å². The Hall–Kier alpha value is -3.03. The second-order valence-electron chi connectivity index (χ2n) is 9.97. The first-order chi connectivity index (χ1) is 18.4. The number of aromatic hydroxyl groups is 1. The van der Waals surface area contributed by atoms with Gasteiger partial charge in [0.25, 0.3) is 5.91 Å². The van der Waals surface area contributed by atoms with Crippen molar-refractivity contribution < 1.29 is 41.4 Å². The van der Waals surface area contributed by atoms with Crippen molar-refractivity contribution in [3.05, 3.63) is 52.5 Å². The molecule has 1 aliphatic rings.